The first-order valence-corrected chi connectivity index (χ1v) is 9.05. The van der Waals surface area contributed by atoms with Crippen molar-refractivity contribution in [3.05, 3.63) is 63.6 Å². The molecule has 0 aliphatic carbocycles. The molecule has 1 atom stereocenters. The normalized spacial score (nSPS) is 12.1. The first-order valence-electron chi connectivity index (χ1n) is 8.25. The van der Waals surface area contributed by atoms with E-state index in [1.54, 1.807) is 7.11 Å². The van der Waals surface area contributed by atoms with Crippen LogP contribution in [0.25, 0.3) is 0 Å². The van der Waals surface area contributed by atoms with E-state index in [0.717, 1.165) is 21.3 Å². The van der Waals surface area contributed by atoms with Crippen LogP contribution in [0.15, 0.2) is 46.9 Å². The van der Waals surface area contributed by atoms with E-state index in [1.165, 1.54) is 0 Å². The van der Waals surface area contributed by atoms with Gasteiger partial charge in [-0.05, 0) is 72.1 Å². The number of carbonyl (C=O) groups excluding carboxylic acids is 1. The van der Waals surface area contributed by atoms with Crippen molar-refractivity contribution >= 4 is 21.8 Å². The maximum atomic E-state index is 12.4. The maximum absolute atomic E-state index is 12.4. The minimum atomic E-state index is -0.112. The molecule has 0 spiro atoms. The molecular weight excluding hydrogens is 382 g/mol. The highest BCUT2D eigenvalue weighted by atomic mass is 79.9. The van der Waals surface area contributed by atoms with E-state index in [9.17, 15) is 4.79 Å². The molecule has 5 heteroatoms. The van der Waals surface area contributed by atoms with Crippen LogP contribution in [-0.4, -0.2) is 19.1 Å². The van der Waals surface area contributed by atoms with Crippen molar-refractivity contribution in [1.82, 2.24) is 5.32 Å². The number of nitrogens with one attached hydrogen (secondary N) is 1. The summed E-state index contributed by atoms with van der Waals surface area (Å²) in [6.07, 6.45) is 0.188. The van der Waals surface area contributed by atoms with E-state index in [0.29, 0.717) is 12.2 Å². The fourth-order valence-corrected chi connectivity index (χ4v) is 2.89. The Kier molecular flexibility index (Phi) is 7.02. The van der Waals surface area contributed by atoms with Crippen LogP contribution >= 0.6 is 15.9 Å². The third-order valence-corrected chi connectivity index (χ3v) is 4.44. The topological polar surface area (TPSA) is 47.6 Å². The number of carbonyl (C=O) groups is 1. The summed E-state index contributed by atoms with van der Waals surface area (Å²) < 4.78 is 11.7. The van der Waals surface area contributed by atoms with Gasteiger partial charge in [-0.3, -0.25) is 4.79 Å². The average molecular weight is 406 g/mol. The molecule has 0 saturated carbocycles. The van der Waals surface area contributed by atoms with Crippen LogP contribution in [0.2, 0.25) is 0 Å². The summed E-state index contributed by atoms with van der Waals surface area (Å²) in [6.45, 7) is 6.51. The molecule has 0 fully saturated rings. The van der Waals surface area contributed by atoms with Gasteiger partial charge in [0.15, 0.2) is 0 Å². The first-order chi connectivity index (χ1) is 11.9. The quantitative estimate of drug-likeness (QED) is 0.714. The van der Waals surface area contributed by atoms with Gasteiger partial charge in [0.05, 0.1) is 30.3 Å². The molecule has 0 saturated heterocycles. The number of benzene rings is 2. The molecule has 2 aromatic rings. The summed E-state index contributed by atoms with van der Waals surface area (Å²) in [4.78, 5) is 12.4. The summed E-state index contributed by atoms with van der Waals surface area (Å²) in [7, 11) is 1.63. The summed E-state index contributed by atoms with van der Waals surface area (Å²) >= 11 is 3.47. The molecule has 0 aliphatic rings. The second kappa shape index (κ2) is 9.02. The van der Waals surface area contributed by atoms with Crippen LogP contribution in [0.4, 0.5) is 0 Å². The predicted octanol–water partition coefficient (Wildman–Crippen LogP) is 4.87. The van der Waals surface area contributed by atoms with Gasteiger partial charge in [0, 0.05) is 5.56 Å². The third-order valence-electron chi connectivity index (χ3n) is 3.82. The maximum Gasteiger partial charge on any atom is 0.251 e. The fourth-order valence-electron chi connectivity index (χ4n) is 2.33. The molecular formula is C20H24BrNO3. The van der Waals surface area contributed by atoms with Crippen LogP contribution in [-0.2, 0) is 11.3 Å². The van der Waals surface area contributed by atoms with Gasteiger partial charge in [0.25, 0.3) is 5.91 Å². The minimum Gasteiger partial charge on any atom is -0.496 e. The van der Waals surface area contributed by atoms with E-state index in [1.807, 2.05) is 63.2 Å². The zero-order chi connectivity index (χ0) is 18.4. The molecule has 0 aliphatic heterocycles. The van der Waals surface area contributed by atoms with E-state index < -0.39 is 0 Å². The molecule has 1 N–H and O–H groups in total. The summed E-state index contributed by atoms with van der Waals surface area (Å²) in [5, 5.41) is 3.02. The highest BCUT2D eigenvalue weighted by Crippen LogP contribution is 2.28. The standard InChI is InChI=1S/C20H24BrNO3/c1-13(2)25-12-15-5-7-16(8-6-15)20(23)22-14(3)17-9-10-19(24-4)18(21)11-17/h5-11,13-14H,12H2,1-4H3,(H,22,23)/t14-/m0/s1. The smallest absolute Gasteiger partial charge is 0.251 e. The first kappa shape index (κ1) is 19.5. The van der Waals surface area contributed by atoms with Crippen molar-refractivity contribution in [3.8, 4) is 5.75 Å². The molecule has 0 radical (unpaired) electrons. The van der Waals surface area contributed by atoms with E-state index >= 15 is 0 Å². The van der Waals surface area contributed by atoms with Crippen molar-refractivity contribution in [2.75, 3.05) is 7.11 Å². The lowest BCUT2D eigenvalue weighted by Gasteiger charge is -2.16. The van der Waals surface area contributed by atoms with Gasteiger partial charge in [-0.15, -0.1) is 0 Å². The Morgan fingerprint density at radius 2 is 1.80 bits per heavy atom. The number of methoxy groups -OCH3 is 1. The Bertz CT molecular complexity index is 713. The zero-order valence-corrected chi connectivity index (χ0v) is 16.6. The molecule has 25 heavy (non-hydrogen) atoms. The second-order valence-electron chi connectivity index (χ2n) is 6.15. The molecule has 0 bridgehead atoms. The molecule has 0 heterocycles. The number of rotatable bonds is 7. The van der Waals surface area contributed by atoms with Gasteiger partial charge in [-0.25, -0.2) is 0 Å². The van der Waals surface area contributed by atoms with Crippen molar-refractivity contribution in [2.24, 2.45) is 0 Å². The molecule has 4 nitrogen and oxygen atoms in total. The molecule has 134 valence electrons. The van der Waals surface area contributed by atoms with E-state index in [4.69, 9.17) is 9.47 Å². The summed E-state index contributed by atoms with van der Waals surface area (Å²) in [5.41, 5.74) is 2.69. The zero-order valence-electron chi connectivity index (χ0n) is 15.0. The monoisotopic (exact) mass is 405 g/mol. The Balaban J connectivity index is 2.00. The van der Waals surface area contributed by atoms with Gasteiger partial charge in [0.2, 0.25) is 0 Å². The second-order valence-corrected chi connectivity index (χ2v) is 7.00. The molecule has 2 aromatic carbocycles. The van der Waals surface area contributed by atoms with Crippen LogP contribution in [0.3, 0.4) is 0 Å². The lowest BCUT2D eigenvalue weighted by molar-refractivity contribution is 0.0656. The van der Waals surface area contributed by atoms with Crippen LogP contribution in [0.1, 0.15) is 48.3 Å². The molecule has 0 aromatic heterocycles. The van der Waals surface area contributed by atoms with Gasteiger partial charge < -0.3 is 14.8 Å². The largest absolute Gasteiger partial charge is 0.496 e. The lowest BCUT2D eigenvalue weighted by Crippen LogP contribution is -2.26. The molecule has 2 rings (SSSR count). The Morgan fingerprint density at radius 3 is 2.36 bits per heavy atom. The summed E-state index contributed by atoms with van der Waals surface area (Å²) in [5.74, 6) is 0.664. The highest BCUT2D eigenvalue weighted by molar-refractivity contribution is 9.10. The van der Waals surface area contributed by atoms with Gasteiger partial charge in [0.1, 0.15) is 5.75 Å². The number of ether oxygens (including phenoxy) is 2. The number of amides is 1. The van der Waals surface area contributed by atoms with Crippen molar-refractivity contribution in [2.45, 2.75) is 39.5 Å². The van der Waals surface area contributed by atoms with Crippen LogP contribution in [0.5, 0.6) is 5.75 Å². The number of hydrogen-bond donors (Lipinski definition) is 1. The van der Waals surface area contributed by atoms with Gasteiger partial charge in [-0.1, -0.05) is 18.2 Å². The number of halogens is 1. The van der Waals surface area contributed by atoms with Gasteiger partial charge in [-0.2, -0.15) is 0 Å². The Hall–Kier alpha value is -1.85. The van der Waals surface area contributed by atoms with Crippen molar-refractivity contribution < 1.29 is 14.3 Å². The minimum absolute atomic E-state index is 0.101. The Morgan fingerprint density at radius 1 is 1.12 bits per heavy atom. The number of hydrogen-bond acceptors (Lipinski definition) is 3. The molecule has 1 amide bonds. The molecule has 0 unspecified atom stereocenters. The fraction of sp³-hybridized carbons (Fsp3) is 0.350. The highest BCUT2D eigenvalue weighted by Gasteiger charge is 2.13. The van der Waals surface area contributed by atoms with Crippen molar-refractivity contribution in [1.29, 1.82) is 0 Å². The Labute approximate surface area is 157 Å². The van der Waals surface area contributed by atoms with E-state index in [2.05, 4.69) is 21.2 Å². The average Bonchev–Trinajstić information content (AvgIpc) is 2.60. The van der Waals surface area contributed by atoms with Crippen LogP contribution in [0, 0.1) is 0 Å². The van der Waals surface area contributed by atoms with E-state index in [-0.39, 0.29) is 18.1 Å². The van der Waals surface area contributed by atoms with Crippen molar-refractivity contribution in [3.63, 3.8) is 0 Å². The lowest BCUT2D eigenvalue weighted by atomic mass is 10.1. The predicted molar refractivity (Wildman–Crippen MR) is 103 cm³/mol. The third kappa shape index (κ3) is 5.58. The van der Waals surface area contributed by atoms with Gasteiger partial charge >= 0.3 is 0 Å². The SMILES string of the molecule is COc1ccc([C@H](C)NC(=O)c2ccc(COC(C)C)cc2)cc1Br. The van der Waals surface area contributed by atoms with Crippen LogP contribution < -0.4 is 10.1 Å². The summed E-state index contributed by atoms with van der Waals surface area (Å²) in [6, 6.07) is 13.2.